The van der Waals surface area contributed by atoms with Gasteiger partial charge in [-0.2, -0.15) is 5.26 Å². The third-order valence-electron chi connectivity index (χ3n) is 2.51. The fourth-order valence-electron chi connectivity index (χ4n) is 1.67. The summed E-state index contributed by atoms with van der Waals surface area (Å²) in [5.74, 6) is 1.64. The zero-order chi connectivity index (χ0) is 12.8. The lowest BCUT2D eigenvalue weighted by Crippen LogP contribution is -1.99. The minimum absolute atomic E-state index is 0.530. The van der Waals surface area contributed by atoms with Crippen molar-refractivity contribution in [1.29, 1.82) is 5.26 Å². The van der Waals surface area contributed by atoms with Gasteiger partial charge in [-0.15, -0.1) is 10.2 Å². The van der Waals surface area contributed by atoms with Crippen LogP contribution in [-0.4, -0.2) is 20.5 Å². The lowest BCUT2D eigenvalue weighted by atomic mass is 10.2. The molecule has 2 rings (SSSR count). The maximum atomic E-state index is 8.55. The van der Waals surface area contributed by atoms with E-state index in [-0.39, 0.29) is 0 Å². The van der Waals surface area contributed by atoms with Crippen LogP contribution in [0, 0.1) is 11.3 Å². The Labute approximate surface area is 111 Å². The summed E-state index contributed by atoms with van der Waals surface area (Å²) in [6.07, 6.45) is 0.530. The van der Waals surface area contributed by atoms with Crippen molar-refractivity contribution in [3.8, 4) is 17.5 Å². The number of hydrogen-bond donors (Lipinski definition) is 0. The molecule has 1 aromatic carbocycles. The second-order valence-electron chi connectivity index (χ2n) is 3.67. The number of aromatic nitrogens is 3. The van der Waals surface area contributed by atoms with E-state index in [1.807, 2.05) is 30.3 Å². The second kappa shape index (κ2) is 6.22. The van der Waals surface area contributed by atoms with E-state index in [9.17, 15) is 0 Å². The van der Waals surface area contributed by atoms with Crippen molar-refractivity contribution in [2.45, 2.75) is 25.0 Å². The van der Waals surface area contributed by atoms with Gasteiger partial charge in [0.1, 0.15) is 0 Å². The van der Waals surface area contributed by atoms with Gasteiger partial charge in [0, 0.05) is 24.3 Å². The van der Waals surface area contributed by atoms with Crippen LogP contribution in [-0.2, 0) is 6.54 Å². The van der Waals surface area contributed by atoms with Crippen LogP contribution in [0.25, 0.3) is 11.4 Å². The summed E-state index contributed by atoms with van der Waals surface area (Å²) in [7, 11) is 0. The van der Waals surface area contributed by atoms with Crippen LogP contribution in [0.5, 0.6) is 0 Å². The maximum Gasteiger partial charge on any atom is 0.191 e. The first kappa shape index (κ1) is 12.7. The first-order chi connectivity index (χ1) is 8.86. The van der Waals surface area contributed by atoms with Crippen LogP contribution in [0.2, 0.25) is 0 Å². The van der Waals surface area contributed by atoms with Crippen LogP contribution >= 0.6 is 11.8 Å². The van der Waals surface area contributed by atoms with Crippen molar-refractivity contribution in [3.63, 3.8) is 0 Å². The molecule has 0 unspecified atom stereocenters. The SMILES string of the molecule is CCn1c(SCCC#N)nnc1-c1ccccc1. The van der Waals surface area contributed by atoms with Crippen LogP contribution in [0.1, 0.15) is 13.3 Å². The molecule has 0 bridgehead atoms. The molecule has 0 saturated heterocycles. The fraction of sp³-hybridized carbons (Fsp3) is 0.308. The van der Waals surface area contributed by atoms with Crippen LogP contribution < -0.4 is 0 Å². The van der Waals surface area contributed by atoms with Crippen LogP contribution in [0.15, 0.2) is 35.5 Å². The van der Waals surface area contributed by atoms with Crippen molar-refractivity contribution in [2.75, 3.05) is 5.75 Å². The van der Waals surface area contributed by atoms with Gasteiger partial charge in [0.2, 0.25) is 0 Å². The monoisotopic (exact) mass is 258 g/mol. The summed E-state index contributed by atoms with van der Waals surface area (Å²) in [6.45, 7) is 2.90. The molecule has 0 aliphatic carbocycles. The normalized spacial score (nSPS) is 10.2. The Morgan fingerprint density at radius 2 is 2.06 bits per heavy atom. The molecule has 1 heterocycles. The van der Waals surface area contributed by atoms with Gasteiger partial charge in [0.25, 0.3) is 0 Å². The van der Waals surface area contributed by atoms with Crippen molar-refractivity contribution < 1.29 is 0 Å². The standard InChI is InChI=1S/C13H14N4S/c1-2-17-12(11-7-4-3-5-8-11)15-16-13(17)18-10-6-9-14/h3-5,7-8H,2,6,10H2,1H3. The van der Waals surface area contributed by atoms with E-state index in [1.165, 1.54) is 0 Å². The number of thioether (sulfide) groups is 1. The van der Waals surface area contributed by atoms with Crippen molar-refractivity contribution in [2.24, 2.45) is 0 Å². The smallest absolute Gasteiger partial charge is 0.191 e. The van der Waals surface area contributed by atoms with Crippen LogP contribution in [0.4, 0.5) is 0 Å². The highest BCUT2D eigenvalue weighted by atomic mass is 32.2. The van der Waals surface area contributed by atoms with E-state index in [1.54, 1.807) is 11.8 Å². The first-order valence-corrected chi connectivity index (χ1v) is 6.83. The van der Waals surface area contributed by atoms with Gasteiger partial charge in [0.15, 0.2) is 11.0 Å². The zero-order valence-electron chi connectivity index (χ0n) is 10.2. The van der Waals surface area contributed by atoms with E-state index in [4.69, 9.17) is 5.26 Å². The Kier molecular flexibility index (Phi) is 4.37. The minimum Gasteiger partial charge on any atom is -0.302 e. The summed E-state index contributed by atoms with van der Waals surface area (Å²) in [5.41, 5.74) is 1.07. The number of rotatable bonds is 5. The summed E-state index contributed by atoms with van der Waals surface area (Å²) in [5, 5.41) is 17.9. The molecular weight excluding hydrogens is 244 g/mol. The summed E-state index contributed by atoms with van der Waals surface area (Å²) in [4.78, 5) is 0. The van der Waals surface area contributed by atoms with E-state index in [0.717, 1.165) is 28.8 Å². The number of hydrogen-bond acceptors (Lipinski definition) is 4. The maximum absolute atomic E-state index is 8.55. The molecule has 0 aliphatic rings. The second-order valence-corrected chi connectivity index (χ2v) is 4.74. The molecule has 4 nitrogen and oxygen atoms in total. The van der Waals surface area contributed by atoms with Gasteiger partial charge < -0.3 is 4.57 Å². The van der Waals surface area contributed by atoms with Gasteiger partial charge in [-0.1, -0.05) is 42.1 Å². The number of benzene rings is 1. The third-order valence-corrected chi connectivity index (χ3v) is 3.48. The molecule has 0 amide bonds. The number of nitrogens with zero attached hydrogens (tertiary/aromatic N) is 4. The Balaban J connectivity index is 2.25. The Bertz CT molecular complexity index is 542. The fourth-order valence-corrected chi connectivity index (χ4v) is 2.52. The largest absolute Gasteiger partial charge is 0.302 e. The molecular formula is C13H14N4S. The van der Waals surface area contributed by atoms with Gasteiger partial charge in [0.05, 0.1) is 6.07 Å². The van der Waals surface area contributed by atoms with Crippen LogP contribution in [0.3, 0.4) is 0 Å². The quantitative estimate of drug-likeness (QED) is 0.611. The molecule has 92 valence electrons. The lowest BCUT2D eigenvalue weighted by molar-refractivity contribution is 0.687. The molecule has 0 N–H and O–H groups in total. The summed E-state index contributed by atoms with van der Waals surface area (Å²) >= 11 is 1.58. The average molecular weight is 258 g/mol. The molecule has 1 aromatic heterocycles. The van der Waals surface area contributed by atoms with E-state index in [0.29, 0.717) is 6.42 Å². The topological polar surface area (TPSA) is 54.5 Å². The minimum atomic E-state index is 0.530. The molecule has 0 spiro atoms. The lowest BCUT2D eigenvalue weighted by Gasteiger charge is -2.06. The van der Waals surface area contributed by atoms with Gasteiger partial charge in [-0.05, 0) is 6.92 Å². The van der Waals surface area contributed by atoms with E-state index in [2.05, 4.69) is 27.8 Å². The average Bonchev–Trinajstić information content (AvgIpc) is 2.83. The first-order valence-electron chi connectivity index (χ1n) is 5.85. The van der Waals surface area contributed by atoms with E-state index >= 15 is 0 Å². The molecule has 0 radical (unpaired) electrons. The highest BCUT2D eigenvalue weighted by Crippen LogP contribution is 2.23. The van der Waals surface area contributed by atoms with Crippen molar-refractivity contribution in [3.05, 3.63) is 30.3 Å². The molecule has 0 atom stereocenters. The summed E-state index contributed by atoms with van der Waals surface area (Å²) < 4.78 is 2.08. The third kappa shape index (κ3) is 2.71. The summed E-state index contributed by atoms with van der Waals surface area (Å²) in [6, 6.07) is 12.2. The molecule has 5 heteroatoms. The molecule has 18 heavy (non-hydrogen) atoms. The van der Waals surface area contributed by atoms with Gasteiger partial charge in [-0.3, -0.25) is 0 Å². The van der Waals surface area contributed by atoms with E-state index < -0.39 is 0 Å². The van der Waals surface area contributed by atoms with Gasteiger partial charge >= 0.3 is 0 Å². The predicted octanol–water partition coefficient (Wildman–Crippen LogP) is 2.97. The highest BCUT2D eigenvalue weighted by molar-refractivity contribution is 7.99. The number of nitriles is 1. The predicted molar refractivity (Wildman–Crippen MR) is 72.1 cm³/mol. The Morgan fingerprint density at radius 3 is 2.72 bits per heavy atom. The van der Waals surface area contributed by atoms with Crippen molar-refractivity contribution in [1.82, 2.24) is 14.8 Å². The molecule has 2 aromatic rings. The molecule has 0 fully saturated rings. The molecule has 0 saturated carbocycles. The highest BCUT2D eigenvalue weighted by Gasteiger charge is 2.12. The molecule has 0 aliphatic heterocycles. The Hall–Kier alpha value is -1.80. The van der Waals surface area contributed by atoms with Gasteiger partial charge in [-0.25, -0.2) is 0 Å². The Morgan fingerprint density at radius 1 is 1.28 bits per heavy atom. The zero-order valence-corrected chi connectivity index (χ0v) is 11.0. The van der Waals surface area contributed by atoms with Crippen molar-refractivity contribution >= 4 is 11.8 Å².